The van der Waals surface area contributed by atoms with E-state index in [1.807, 2.05) is 6.92 Å². The zero-order chi connectivity index (χ0) is 27.9. The highest BCUT2D eigenvalue weighted by Crippen LogP contribution is 2.42. The molecule has 0 spiro atoms. The number of benzene rings is 2. The van der Waals surface area contributed by atoms with E-state index < -0.39 is 17.7 Å². The summed E-state index contributed by atoms with van der Waals surface area (Å²) in [7, 11) is 3.10. The smallest absolute Gasteiger partial charge is 0.295 e. The molecule has 2 aliphatic heterocycles. The van der Waals surface area contributed by atoms with Gasteiger partial charge in [0, 0.05) is 31.7 Å². The molecule has 208 valence electrons. The van der Waals surface area contributed by atoms with Crippen LogP contribution in [0.3, 0.4) is 0 Å². The van der Waals surface area contributed by atoms with Crippen LogP contribution in [0.15, 0.2) is 54.6 Å². The molecule has 1 amide bonds. The fourth-order valence-corrected chi connectivity index (χ4v) is 5.05. The van der Waals surface area contributed by atoms with Gasteiger partial charge >= 0.3 is 0 Å². The standard InChI is InChI=1S/C30H36N2O7/c1-5-15-39-24-10-7-21(19-25(24)37-4)27-26(28(33)22-8-9-23(36-3)20(2)18-22)29(34)30(35)32(27)12-6-11-31-13-16-38-17-14-31/h5,7-10,18-19,27,33H,1,6,11-17H2,2-4H3. The molecule has 0 saturated carbocycles. The van der Waals surface area contributed by atoms with Crippen LogP contribution in [0, 0.1) is 6.92 Å². The van der Waals surface area contributed by atoms with Crippen molar-refractivity contribution in [3.63, 3.8) is 0 Å². The van der Waals surface area contributed by atoms with E-state index in [4.69, 9.17) is 18.9 Å². The van der Waals surface area contributed by atoms with Gasteiger partial charge in [-0.05, 0) is 54.8 Å². The average molecular weight is 537 g/mol. The lowest BCUT2D eigenvalue weighted by molar-refractivity contribution is -0.140. The predicted molar refractivity (Wildman–Crippen MR) is 147 cm³/mol. The Bertz CT molecular complexity index is 1250. The number of ether oxygens (including phenoxy) is 4. The molecule has 1 atom stereocenters. The highest BCUT2D eigenvalue weighted by Gasteiger charge is 2.46. The number of rotatable bonds is 11. The lowest BCUT2D eigenvalue weighted by Crippen LogP contribution is -2.39. The van der Waals surface area contributed by atoms with Crippen molar-refractivity contribution in [3.05, 3.63) is 71.3 Å². The molecule has 2 saturated heterocycles. The molecule has 2 heterocycles. The third kappa shape index (κ3) is 6.10. The fraction of sp³-hybridized carbons (Fsp3) is 0.400. The van der Waals surface area contributed by atoms with E-state index in [-0.39, 0.29) is 11.3 Å². The van der Waals surface area contributed by atoms with E-state index in [1.54, 1.807) is 54.5 Å². The summed E-state index contributed by atoms with van der Waals surface area (Å²) < 4.78 is 22.0. The van der Waals surface area contributed by atoms with Crippen molar-refractivity contribution in [2.75, 3.05) is 60.2 Å². The van der Waals surface area contributed by atoms with Crippen LogP contribution in [0.1, 0.15) is 29.2 Å². The Balaban J connectivity index is 1.74. The molecule has 0 radical (unpaired) electrons. The van der Waals surface area contributed by atoms with E-state index in [9.17, 15) is 14.7 Å². The lowest BCUT2D eigenvalue weighted by Gasteiger charge is -2.29. The molecule has 9 heteroatoms. The van der Waals surface area contributed by atoms with Crippen LogP contribution in [-0.2, 0) is 14.3 Å². The summed E-state index contributed by atoms with van der Waals surface area (Å²) in [5.41, 5.74) is 1.90. The Morgan fingerprint density at radius 3 is 2.44 bits per heavy atom. The van der Waals surface area contributed by atoms with E-state index in [2.05, 4.69) is 11.5 Å². The number of ketones is 1. The Morgan fingerprint density at radius 1 is 1.05 bits per heavy atom. The number of morpholine rings is 1. The van der Waals surface area contributed by atoms with Crippen molar-refractivity contribution < 1.29 is 33.6 Å². The highest BCUT2D eigenvalue weighted by molar-refractivity contribution is 6.46. The topological polar surface area (TPSA) is 97.8 Å². The summed E-state index contributed by atoms with van der Waals surface area (Å²) in [6, 6.07) is 9.63. The number of hydrogen-bond acceptors (Lipinski definition) is 8. The minimum atomic E-state index is -0.792. The van der Waals surface area contributed by atoms with Crippen molar-refractivity contribution in [3.8, 4) is 17.2 Å². The van der Waals surface area contributed by atoms with Gasteiger partial charge in [-0.25, -0.2) is 0 Å². The Hall–Kier alpha value is -3.82. The van der Waals surface area contributed by atoms with E-state index in [0.717, 1.165) is 25.2 Å². The molecule has 0 aliphatic carbocycles. The number of aryl methyl sites for hydroxylation is 1. The number of likely N-dealkylation sites (tertiary alicyclic amines) is 1. The van der Waals surface area contributed by atoms with Gasteiger partial charge in [-0.1, -0.05) is 18.7 Å². The number of amides is 1. The lowest BCUT2D eigenvalue weighted by atomic mass is 9.94. The summed E-state index contributed by atoms with van der Waals surface area (Å²) >= 11 is 0. The first-order valence-electron chi connectivity index (χ1n) is 13.0. The SMILES string of the molecule is C=CCOc1ccc(C2C(=C(O)c3ccc(OC)c(C)c3)C(=O)C(=O)N2CCCN2CCOCC2)cc1OC. The summed E-state index contributed by atoms with van der Waals surface area (Å²) in [5, 5.41) is 11.4. The highest BCUT2D eigenvalue weighted by atomic mass is 16.5. The fourth-order valence-electron chi connectivity index (χ4n) is 5.05. The van der Waals surface area contributed by atoms with Crippen molar-refractivity contribution in [2.24, 2.45) is 0 Å². The van der Waals surface area contributed by atoms with Gasteiger partial charge < -0.3 is 29.0 Å². The molecule has 0 bridgehead atoms. The van der Waals surface area contributed by atoms with Gasteiger partial charge in [-0.2, -0.15) is 0 Å². The Labute approximate surface area is 229 Å². The molecule has 2 aromatic carbocycles. The Morgan fingerprint density at radius 2 is 1.77 bits per heavy atom. The molecule has 2 aliphatic rings. The molecule has 4 rings (SSSR count). The molecule has 2 fully saturated rings. The van der Waals surface area contributed by atoms with Crippen molar-refractivity contribution >= 4 is 17.4 Å². The number of carbonyl (C=O) groups is 2. The molecule has 2 aromatic rings. The van der Waals surface area contributed by atoms with Gasteiger partial charge in [0.1, 0.15) is 18.1 Å². The molecule has 0 aromatic heterocycles. The van der Waals surface area contributed by atoms with Gasteiger partial charge in [-0.15, -0.1) is 0 Å². The summed E-state index contributed by atoms with van der Waals surface area (Å²) in [6.07, 6.45) is 2.30. The van der Waals surface area contributed by atoms with Gasteiger partial charge in [0.2, 0.25) is 0 Å². The third-order valence-electron chi connectivity index (χ3n) is 7.05. The summed E-state index contributed by atoms with van der Waals surface area (Å²) in [5.74, 6) is 0.0324. The third-order valence-corrected chi connectivity index (χ3v) is 7.05. The van der Waals surface area contributed by atoms with Crippen LogP contribution in [0.5, 0.6) is 17.2 Å². The molecular weight excluding hydrogens is 500 g/mol. The maximum atomic E-state index is 13.4. The molecule has 1 N–H and O–H groups in total. The second kappa shape index (κ2) is 12.8. The normalized spacial score (nSPS) is 19.3. The van der Waals surface area contributed by atoms with Crippen molar-refractivity contribution in [1.29, 1.82) is 0 Å². The van der Waals surface area contributed by atoms with E-state index in [1.165, 1.54) is 7.11 Å². The quantitative estimate of drug-likeness (QED) is 0.201. The Kier molecular flexibility index (Phi) is 9.27. The first-order valence-corrected chi connectivity index (χ1v) is 13.0. The number of Topliss-reactive ketones (excluding diaryl/α,β-unsaturated/α-hetero) is 1. The van der Waals surface area contributed by atoms with E-state index >= 15 is 0 Å². The number of aliphatic hydroxyl groups is 1. The van der Waals surface area contributed by atoms with Crippen LogP contribution in [0.2, 0.25) is 0 Å². The predicted octanol–water partition coefficient (Wildman–Crippen LogP) is 3.72. The average Bonchev–Trinajstić information content (AvgIpc) is 3.21. The number of aliphatic hydroxyl groups excluding tert-OH is 1. The maximum Gasteiger partial charge on any atom is 0.295 e. The minimum absolute atomic E-state index is 0.0396. The number of carbonyl (C=O) groups excluding carboxylic acids is 2. The van der Waals surface area contributed by atoms with Crippen LogP contribution in [-0.4, -0.2) is 86.8 Å². The zero-order valence-corrected chi connectivity index (χ0v) is 22.8. The summed E-state index contributed by atoms with van der Waals surface area (Å²) in [6.45, 7) is 9.99. The van der Waals surface area contributed by atoms with Gasteiger partial charge in [0.25, 0.3) is 11.7 Å². The van der Waals surface area contributed by atoms with Crippen LogP contribution >= 0.6 is 0 Å². The van der Waals surface area contributed by atoms with Crippen molar-refractivity contribution in [1.82, 2.24) is 9.80 Å². The second-order valence-electron chi connectivity index (χ2n) is 9.49. The molecule has 1 unspecified atom stereocenters. The molecule has 9 nitrogen and oxygen atoms in total. The number of methoxy groups -OCH3 is 2. The van der Waals surface area contributed by atoms with Crippen LogP contribution in [0.4, 0.5) is 0 Å². The van der Waals surface area contributed by atoms with Crippen LogP contribution in [0.25, 0.3) is 5.76 Å². The number of nitrogens with zero attached hydrogens (tertiary/aromatic N) is 2. The molecule has 39 heavy (non-hydrogen) atoms. The number of hydrogen-bond donors (Lipinski definition) is 1. The minimum Gasteiger partial charge on any atom is -0.507 e. The maximum absolute atomic E-state index is 13.4. The molecular formula is C30H36N2O7. The van der Waals surface area contributed by atoms with Gasteiger partial charge in [-0.3, -0.25) is 14.5 Å². The largest absolute Gasteiger partial charge is 0.507 e. The van der Waals surface area contributed by atoms with E-state index in [0.29, 0.717) is 61.2 Å². The monoisotopic (exact) mass is 536 g/mol. The first kappa shape index (κ1) is 28.2. The van der Waals surface area contributed by atoms with Crippen molar-refractivity contribution in [2.45, 2.75) is 19.4 Å². The zero-order valence-electron chi connectivity index (χ0n) is 22.8. The second-order valence-corrected chi connectivity index (χ2v) is 9.49. The van der Waals surface area contributed by atoms with Gasteiger partial charge in [0.05, 0.1) is 39.0 Å². The first-order chi connectivity index (χ1) is 18.9. The summed E-state index contributed by atoms with van der Waals surface area (Å²) in [4.78, 5) is 30.6. The van der Waals surface area contributed by atoms with Crippen LogP contribution < -0.4 is 14.2 Å². The van der Waals surface area contributed by atoms with Gasteiger partial charge in [0.15, 0.2) is 11.5 Å².